The average molecular weight is 440 g/mol. The van der Waals surface area contributed by atoms with Crippen molar-refractivity contribution >= 4 is 40.8 Å². The van der Waals surface area contributed by atoms with Gasteiger partial charge in [0.15, 0.2) is 5.96 Å². The number of ether oxygens (including phenoxy) is 1. The summed E-state index contributed by atoms with van der Waals surface area (Å²) in [5.74, 6) is 1.51. The molecule has 0 amide bonds. The SMILES string of the molecule is CN=C(NCc1ccnc2ccccc12)N(C)CC1CCOC1.I. The molecule has 1 saturated heterocycles. The number of halogens is 1. The largest absolute Gasteiger partial charge is 0.381 e. The second kappa shape index (κ2) is 9.17. The summed E-state index contributed by atoms with van der Waals surface area (Å²) in [6.07, 6.45) is 3.00. The van der Waals surface area contributed by atoms with Gasteiger partial charge in [-0.05, 0) is 24.1 Å². The Kier molecular flexibility index (Phi) is 7.23. The summed E-state index contributed by atoms with van der Waals surface area (Å²) in [6, 6.07) is 10.3. The van der Waals surface area contributed by atoms with E-state index in [1.807, 2.05) is 25.4 Å². The van der Waals surface area contributed by atoms with Crippen LogP contribution in [0.1, 0.15) is 12.0 Å². The van der Waals surface area contributed by atoms with Crippen LogP contribution in [0.3, 0.4) is 0 Å². The fourth-order valence-electron chi connectivity index (χ4n) is 3.07. The normalized spacial score (nSPS) is 17.6. The minimum Gasteiger partial charge on any atom is -0.381 e. The van der Waals surface area contributed by atoms with Gasteiger partial charge in [-0.2, -0.15) is 0 Å². The summed E-state index contributed by atoms with van der Waals surface area (Å²) in [7, 11) is 3.91. The molecule has 1 aliphatic rings. The maximum Gasteiger partial charge on any atom is 0.193 e. The molecule has 0 aliphatic carbocycles. The van der Waals surface area contributed by atoms with Crippen LogP contribution in [0.25, 0.3) is 10.9 Å². The molecule has 0 saturated carbocycles. The number of benzene rings is 1. The third-order valence-electron chi connectivity index (χ3n) is 4.31. The van der Waals surface area contributed by atoms with E-state index in [1.165, 1.54) is 10.9 Å². The Morgan fingerprint density at radius 1 is 1.38 bits per heavy atom. The number of aliphatic imine (C=N–C) groups is 1. The predicted octanol–water partition coefficient (Wildman–Crippen LogP) is 2.90. The van der Waals surface area contributed by atoms with Crippen molar-refractivity contribution in [2.45, 2.75) is 13.0 Å². The summed E-state index contributed by atoms with van der Waals surface area (Å²) >= 11 is 0. The quantitative estimate of drug-likeness (QED) is 0.452. The van der Waals surface area contributed by atoms with Crippen LogP contribution in [-0.2, 0) is 11.3 Å². The second-order valence-corrected chi connectivity index (χ2v) is 6.00. The van der Waals surface area contributed by atoms with Crippen molar-refractivity contribution in [3.8, 4) is 0 Å². The third kappa shape index (κ3) is 4.57. The third-order valence-corrected chi connectivity index (χ3v) is 4.31. The van der Waals surface area contributed by atoms with E-state index in [2.05, 4.69) is 45.4 Å². The first-order chi connectivity index (χ1) is 11.3. The Morgan fingerprint density at radius 3 is 2.96 bits per heavy atom. The van der Waals surface area contributed by atoms with Crippen molar-refractivity contribution in [1.29, 1.82) is 0 Å². The molecule has 1 aromatic carbocycles. The van der Waals surface area contributed by atoms with Crippen LogP contribution in [0.2, 0.25) is 0 Å². The van der Waals surface area contributed by atoms with Crippen LogP contribution >= 0.6 is 24.0 Å². The molecule has 1 N–H and O–H groups in total. The number of aromatic nitrogens is 1. The number of hydrogen-bond donors (Lipinski definition) is 1. The van der Waals surface area contributed by atoms with Crippen molar-refractivity contribution in [3.63, 3.8) is 0 Å². The van der Waals surface area contributed by atoms with Gasteiger partial charge in [-0.25, -0.2) is 0 Å². The van der Waals surface area contributed by atoms with E-state index < -0.39 is 0 Å². The van der Waals surface area contributed by atoms with E-state index in [1.54, 1.807) is 0 Å². The average Bonchev–Trinajstić information content (AvgIpc) is 3.08. The van der Waals surface area contributed by atoms with Crippen LogP contribution < -0.4 is 5.32 Å². The molecule has 1 atom stereocenters. The highest BCUT2D eigenvalue weighted by atomic mass is 127. The molecule has 5 nitrogen and oxygen atoms in total. The summed E-state index contributed by atoms with van der Waals surface area (Å²) in [5, 5.41) is 4.64. The van der Waals surface area contributed by atoms with E-state index >= 15 is 0 Å². The molecule has 1 aliphatic heterocycles. The molecule has 1 unspecified atom stereocenters. The number of guanidine groups is 1. The number of fused-ring (bicyclic) bond motifs is 1. The number of nitrogens with zero attached hydrogens (tertiary/aromatic N) is 3. The maximum atomic E-state index is 5.45. The van der Waals surface area contributed by atoms with Gasteiger partial charge in [0.2, 0.25) is 0 Å². The molecule has 2 aromatic rings. The van der Waals surface area contributed by atoms with Crippen molar-refractivity contribution in [2.24, 2.45) is 10.9 Å². The Hall–Kier alpha value is -1.41. The van der Waals surface area contributed by atoms with Gasteiger partial charge >= 0.3 is 0 Å². The standard InChI is InChI=1S/C18H24N4O.HI/c1-19-18(22(2)12-14-8-10-23-13-14)21-11-15-7-9-20-17-6-4-3-5-16(15)17;/h3-7,9,14H,8,10-13H2,1-2H3,(H,19,21);1H. The first-order valence-corrected chi connectivity index (χ1v) is 8.10. The van der Waals surface area contributed by atoms with Crippen molar-refractivity contribution in [1.82, 2.24) is 15.2 Å². The highest BCUT2D eigenvalue weighted by Gasteiger charge is 2.19. The molecule has 2 heterocycles. The Bertz CT molecular complexity index is 680. The van der Waals surface area contributed by atoms with Gasteiger partial charge in [0.1, 0.15) is 0 Å². The topological polar surface area (TPSA) is 49.8 Å². The summed E-state index contributed by atoms with van der Waals surface area (Å²) < 4.78 is 5.45. The fraction of sp³-hybridized carbons (Fsp3) is 0.444. The minimum atomic E-state index is 0. The number of nitrogens with one attached hydrogen (secondary N) is 1. The molecule has 0 bridgehead atoms. The van der Waals surface area contributed by atoms with Gasteiger partial charge in [-0.3, -0.25) is 9.98 Å². The fourth-order valence-corrected chi connectivity index (χ4v) is 3.07. The monoisotopic (exact) mass is 440 g/mol. The minimum absolute atomic E-state index is 0. The zero-order valence-corrected chi connectivity index (χ0v) is 16.6. The van der Waals surface area contributed by atoms with Gasteiger partial charge in [-0.15, -0.1) is 24.0 Å². The second-order valence-electron chi connectivity index (χ2n) is 6.00. The highest BCUT2D eigenvalue weighted by molar-refractivity contribution is 14.0. The van der Waals surface area contributed by atoms with Gasteiger partial charge in [-0.1, -0.05) is 18.2 Å². The Labute approximate surface area is 160 Å². The van der Waals surface area contributed by atoms with E-state index in [9.17, 15) is 0 Å². The van der Waals surface area contributed by atoms with Crippen molar-refractivity contribution < 1.29 is 4.74 Å². The molecule has 1 aromatic heterocycles. The molecule has 0 spiro atoms. The lowest BCUT2D eigenvalue weighted by atomic mass is 10.1. The molecule has 6 heteroatoms. The maximum absolute atomic E-state index is 5.45. The van der Waals surface area contributed by atoms with Gasteiger partial charge in [0.25, 0.3) is 0 Å². The van der Waals surface area contributed by atoms with Crippen LogP contribution in [0.4, 0.5) is 0 Å². The van der Waals surface area contributed by atoms with E-state index in [0.29, 0.717) is 5.92 Å². The first-order valence-electron chi connectivity index (χ1n) is 8.10. The van der Waals surface area contributed by atoms with Crippen LogP contribution in [-0.4, -0.2) is 49.7 Å². The molecule has 0 radical (unpaired) electrons. The van der Waals surface area contributed by atoms with E-state index in [-0.39, 0.29) is 24.0 Å². The van der Waals surface area contributed by atoms with Gasteiger partial charge in [0.05, 0.1) is 12.1 Å². The summed E-state index contributed by atoms with van der Waals surface area (Å²) in [6.45, 7) is 3.45. The predicted molar refractivity (Wildman–Crippen MR) is 109 cm³/mol. The number of rotatable bonds is 4. The number of hydrogen-bond acceptors (Lipinski definition) is 3. The molecule has 130 valence electrons. The van der Waals surface area contributed by atoms with Gasteiger partial charge in [0, 0.05) is 51.3 Å². The Morgan fingerprint density at radius 2 is 2.21 bits per heavy atom. The lowest BCUT2D eigenvalue weighted by molar-refractivity contribution is 0.181. The van der Waals surface area contributed by atoms with E-state index in [4.69, 9.17) is 4.74 Å². The first kappa shape index (κ1) is 18.9. The van der Waals surface area contributed by atoms with Gasteiger partial charge < -0.3 is 15.0 Å². The van der Waals surface area contributed by atoms with Crippen LogP contribution in [0.15, 0.2) is 41.5 Å². The Balaban J connectivity index is 0.00000208. The zero-order chi connectivity index (χ0) is 16.1. The molecule has 24 heavy (non-hydrogen) atoms. The molecule has 3 rings (SSSR count). The lowest BCUT2D eigenvalue weighted by Gasteiger charge is -2.24. The smallest absolute Gasteiger partial charge is 0.193 e. The molecule has 1 fully saturated rings. The van der Waals surface area contributed by atoms with Crippen molar-refractivity contribution in [2.75, 3.05) is 33.9 Å². The van der Waals surface area contributed by atoms with Crippen LogP contribution in [0, 0.1) is 5.92 Å². The van der Waals surface area contributed by atoms with Crippen molar-refractivity contribution in [3.05, 3.63) is 42.1 Å². The summed E-state index contributed by atoms with van der Waals surface area (Å²) in [5.41, 5.74) is 2.26. The molecular formula is C18H25IN4O. The van der Waals surface area contributed by atoms with Crippen LogP contribution in [0.5, 0.6) is 0 Å². The number of pyridine rings is 1. The molecular weight excluding hydrogens is 415 g/mol. The number of para-hydroxylation sites is 1. The zero-order valence-electron chi connectivity index (χ0n) is 14.2. The highest BCUT2D eigenvalue weighted by Crippen LogP contribution is 2.16. The summed E-state index contributed by atoms with van der Waals surface area (Å²) in [4.78, 5) is 11.0. The van der Waals surface area contributed by atoms with E-state index in [0.717, 1.165) is 44.2 Å². The lowest BCUT2D eigenvalue weighted by Crippen LogP contribution is -2.41.